The summed E-state index contributed by atoms with van der Waals surface area (Å²) in [6.07, 6.45) is 3.78. The van der Waals surface area contributed by atoms with E-state index in [4.69, 9.17) is 37.8 Å². The first-order valence-corrected chi connectivity index (χ1v) is 12.1. The molecule has 39 heavy (non-hydrogen) atoms. The van der Waals surface area contributed by atoms with Crippen molar-refractivity contribution < 1.29 is 38.9 Å². The van der Waals surface area contributed by atoms with Gasteiger partial charge in [-0.3, -0.25) is 29.6 Å². The van der Waals surface area contributed by atoms with Crippen LogP contribution in [0, 0.1) is 0 Å². The predicted octanol–water partition coefficient (Wildman–Crippen LogP) is 2.70. The second-order valence-corrected chi connectivity index (χ2v) is 9.02. The highest BCUT2D eigenvalue weighted by Crippen LogP contribution is 2.31. The van der Waals surface area contributed by atoms with Crippen molar-refractivity contribution in [1.82, 2.24) is 20.2 Å². The summed E-state index contributed by atoms with van der Waals surface area (Å²) in [7, 11) is 0. The fraction of sp³-hybridized carbons (Fsp3) is 0.250. The first-order chi connectivity index (χ1) is 18.5. The molecule has 0 aliphatic rings. The van der Waals surface area contributed by atoms with Crippen molar-refractivity contribution >= 4 is 52.7 Å². The minimum absolute atomic E-state index is 0.00349. The Labute approximate surface area is 231 Å². The molecule has 1 unspecified atom stereocenters. The summed E-state index contributed by atoms with van der Waals surface area (Å²) >= 11 is 12.3. The third-order valence-electron chi connectivity index (χ3n) is 5.32. The van der Waals surface area contributed by atoms with Gasteiger partial charge in [0.2, 0.25) is 11.8 Å². The molecule has 3 rings (SSSR count). The average molecular weight is 580 g/mol. The number of benzene rings is 1. The number of aliphatic carboxylic acids is 2. The Bertz CT molecular complexity index is 1350. The van der Waals surface area contributed by atoms with E-state index in [0.29, 0.717) is 21.4 Å². The molecule has 0 aliphatic carbocycles. The smallest absolute Gasteiger partial charge is 0.339 e. The second-order valence-electron chi connectivity index (χ2n) is 8.18. The number of carbonyl (C=O) groups excluding carboxylic acids is 1. The molecule has 3 aromatic rings. The zero-order chi connectivity index (χ0) is 28.5. The molecule has 0 radical (unpaired) electrons. The lowest BCUT2D eigenvalue weighted by Gasteiger charge is -2.23. The number of amides is 1. The van der Waals surface area contributed by atoms with E-state index < -0.39 is 42.9 Å². The van der Waals surface area contributed by atoms with Crippen molar-refractivity contribution in [3.63, 3.8) is 0 Å². The first-order valence-electron chi connectivity index (χ1n) is 11.3. The topological polar surface area (TPSA) is 195 Å². The Morgan fingerprint density at radius 2 is 1.74 bits per heavy atom. The van der Waals surface area contributed by atoms with Crippen molar-refractivity contribution in [3.05, 3.63) is 64.4 Å². The van der Waals surface area contributed by atoms with E-state index in [2.05, 4.69) is 20.6 Å². The quantitative estimate of drug-likeness (QED) is 0.187. The summed E-state index contributed by atoms with van der Waals surface area (Å²) in [5.41, 5.74) is 0.268. The molecule has 0 fully saturated rings. The maximum absolute atomic E-state index is 13.2. The predicted molar refractivity (Wildman–Crippen MR) is 139 cm³/mol. The molecule has 0 saturated carbocycles. The normalized spacial score (nSPS) is 11.8. The summed E-state index contributed by atoms with van der Waals surface area (Å²) < 4.78 is 5.74. The van der Waals surface area contributed by atoms with E-state index in [0.717, 1.165) is 11.1 Å². The zero-order valence-corrected chi connectivity index (χ0v) is 21.6. The van der Waals surface area contributed by atoms with Crippen LogP contribution in [0.25, 0.3) is 11.3 Å². The number of aromatic carboxylic acids is 1. The SMILES string of the molecule is O=C(O)CN(CCC(NCc1ncc(-c2cc(Cl)ccc2Cl)o1)C(=O)Nc1ccncc1C(=O)O)CC(=O)O. The van der Waals surface area contributed by atoms with E-state index in [-0.39, 0.29) is 36.7 Å². The van der Waals surface area contributed by atoms with Gasteiger partial charge in [0, 0.05) is 29.5 Å². The number of carboxylic acids is 3. The number of carbonyl (C=O) groups is 4. The number of aromatic nitrogens is 2. The molecule has 13 nitrogen and oxygen atoms in total. The summed E-state index contributed by atoms with van der Waals surface area (Å²) in [4.78, 5) is 56.0. The van der Waals surface area contributed by atoms with E-state index in [9.17, 15) is 24.3 Å². The summed E-state index contributed by atoms with van der Waals surface area (Å²) in [5.74, 6) is -3.91. The summed E-state index contributed by atoms with van der Waals surface area (Å²) in [5, 5.41) is 33.9. The Hall–Kier alpha value is -4.04. The van der Waals surface area contributed by atoms with Gasteiger partial charge in [-0.2, -0.15) is 0 Å². The maximum atomic E-state index is 13.2. The van der Waals surface area contributed by atoms with Crippen LogP contribution >= 0.6 is 23.2 Å². The lowest BCUT2D eigenvalue weighted by atomic mass is 10.1. The first kappa shape index (κ1) is 29.5. The largest absolute Gasteiger partial charge is 0.480 e. The third kappa shape index (κ3) is 8.75. The minimum atomic E-state index is -1.30. The number of carboxylic acid groups (broad SMARTS) is 3. The summed E-state index contributed by atoms with van der Waals surface area (Å²) in [6, 6.07) is 5.10. The molecule has 0 bridgehead atoms. The Kier molecular flexibility index (Phi) is 10.3. The molecule has 5 N–H and O–H groups in total. The number of hydrogen-bond donors (Lipinski definition) is 5. The Morgan fingerprint density at radius 1 is 1.03 bits per heavy atom. The van der Waals surface area contributed by atoms with Crippen LogP contribution in [-0.4, -0.2) is 79.7 Å². The van der Waals surface area contributed by atoms with Gasteiger partial charge in [-0.05, 0) is 30.7 Å². The van der Waals surface area contributed by atoms with Crippen molar-refractivity contribution in [2.45, 2.75) is 19.0 Å². The van der Waals surface area contributed by atoms with Gasteiger partial charge in [-0.1, -0.05) is 23.2 Å². The monoisotopic (exact) mass is 579 g/mol. The number of anilines is 1. The maximum Gasteiger partial charge on any atom is 0.339 e. The van der Waals surface area contributed by atoms with Crippen molar-refractivity contribution in [2.75, 3.05) is 25.0 Å². The number of nitrogens with one attached hydrogen (secondary N) is 2. The number of rotatable bonds is 14. The highest BCUT2D eigenvalue weighted by Gasteiger charge is 2.24. The summed E-state index contributed by atoms with van der Waals surface area (Å²) in [6.45, 7) is -1.26. The molecule has 15 heteroatoms. The molecule has 1 amide bonds. The number of pyridine rings is 1. The van der Waals surface area contributed by atoms with Crippen molar-refractivity contribution in [3.8, 4) is 11.3 Å². The number of nitrogens with zero attached hydrogens (tertiary/aromatic N) is 3. The van der Waals surface area contributed by atoms with Gasteiger partial charge in [0.15, 0.2) is 5.76 Å². The molecule has 1 aromatic carbocycles. The van der Waals surface area contributed by atoms with Gasteiger partial charge in [-0.15, -0.1) is 0 Å². The fourth-order valence-corrected chi connectivity index (χ4v) is 3.92. The number of hydrogen-bond acceptors (Lipinski definition) is 9. The lowest BCUT2D eigenvalue weighted by molar-refractivity contribution is -0.141. The number of oxazole rings is 1. The Morgan fingerprint density at radius 3 is 2.41 bits per heavy atom. The molecule has 0 saturated heterocycles. The van der Waals surface area contributed by atoms with Gasteiger partial charge < -0.3 is 25.1 Å². The third-order valence-corrected chi connectivity index (χ3v) is 5.89. The highest BCUT2D eigenvalue weighted by molar-refractivity contribution is 6.35. The van der Waals surface area contributed by atoms with Gasteiger partial charge in [0.05, 0.1) is 42.6 Å². The molecule has 206 valence electrons. The van der Waals surface area contributed by atoms with Crippen molar-refractivity contribution in [2.24, 2.45) is 0 Å². The van der Waals surface area contributed by atoms with Gasteiger partial charge in [0.1, 0.15) is 5.56 Å². The number of halogens is 2. The molecular weight excluding hydrogens is 557 g/mol. The van der Waals surface area contributed by atoms with Crippen LogP contribution < -0.4 is 10.6 Å². The van der Waals surface area contributed by atoms with Crippen LogP contribution in [0.15, 0.2) is 47.3 Å². The molecule has 0 aliphatic heterocycles. The zero-order valence-electron chi connectivity index (χ0n) is 20.1. The second kappa shape index (κ2) is 13.7. The van der Waals surface area contributed by atoms with E-state index in [1.54, 1.807) is 18.2 Å². The van der Waals surface area contributed by atoms with E-state index in [1.165, 1.54) is 18.5 Å². The molecule has 1 atom stereocenters. The van der Waals surface area contributed by atoms with Crippen LogP contribution in [0.3, 0.4) is 0 Å². The average Bonchev–Trinajstić information content (AvgIpc) is 3.33. The van der Waals surface area contributed by atoms with E-state index in [1.807, 2.05) is 0 Å². The van der Waals surface area contributed by atoms with Crippen LogP contribution in [0.2, 0.25) is 10.0 Å². The fourth-order valence-electron chi connectivity index (χ4n) is 3.54. The molecule has 2 aromatic heterocycles. The molecule has 0 spiro atoms. The van der Waals surface area contributed by atoms with Gasteiger partial charge >= 0.3 is 17.9 Å². The minimum Gasteiger partial charge on any atom is -0.480 e. The van der Waals surface area contributed by atoms with Crippen LogP contribution in [0.1, 0.15) is 22.7 Å². The van der Waals surface area contributed by atoms with Gasteiger partial charge in [-0.25, -0.2) is 9.78 Å². The van der Waals surface area contributed by atoms with Crippen LogP contribution in [-0.2, 0) is 20.9 Å². The van der Waals surface area contributed by atoms with Gasteiger partial charge in [0.25, 0.3) is 0 Å². The Balaban J connectivity index is 1.78. The van der Waals surface area contributed by atoms with Crippen LogP contribution in [0.5, 0.6) is 0 Å². The standard InChI is InChI=1S/C24H23Cl2N5O8/c25-13-1-2-16(26)14(7-13)19-9-29-20(39-19)10-28-18(4-6-31(11-21(32)33)12-22(34)35)23(36)30-17-3-5-27-8-15(17)24(37)38/h1-3,5,7-9,18,28H,4,6,10-12H2,(H,32,33)(H,34,35)(H,37,38)(H,27,30,36). The highest BCUT2D eigenvalue weighted by atomic mass is 35.5. The van der Waals surface area contributed by atoms with Crippen molar-refractivity contribution in [1.29, 1.82) is 0 Å². The van der Waals surface area contributed by atoms with Crippen LogP contribution in [0.4, 0.5) is 5.69 Å². The van der Waals surface area contributed by atoms with E-state index >= 15 is 0 Å². The molecule has 2 heterocycles. The lowest BCUT2D eigenvalue weighted by Crippen LogP contribution is -2.44. The molecular formula is C24H23Cl2N5O8.